The average Bonchev–Trinajstić information content (AvgIpc) is 2.52. The van der Waals surface area contributed by atoms with Gasteiger partial charge in [-0.15, -0.1) is 0 Å². The fourth-order valence-corrected chi connectivity index (χ4v) is 2.12. The first-order valence-electron chi connectivity index (χ1n) is 7.23. The monoisotopic (exact) mass is 277 g/mol. The zero-order chi connectivity index (χ0) is 14.2. The van der Waals surface area contributed by atoms with Crippen LogP contribution in [0.4, 0.5) is 11.4 Å². The van der Waals surface area contributed by atoms with Gasteiger partial charge in [-0.05, 0) is 30.7 Å². The largest absolute Gasteiger partial charge is 0.378 e. The molecule has 1 saturated heterocycles. The molecule has 2 N–H and O–H groups in total. The molecule has 0 spiro atoms. The van der Waals surface area contributed by atoms with E-state index in [1.807, 2.05) is 19.1 Å². The average molecular weight is 277 g/mol. The van der Waals surface area contributed by atoms with Gasteiger partial charge in [0.05, 0.1) is 19.8 Å². The number of rotatable bonds is 6. The van der Waals surface area contributed by atoms with Gasteiger partial charge in [-0.1, -0.05) is 6.92 Å². The van der Waals surface area contributed by atoms with Gasteiger partial charge in [0.1, 0.15) is 0 Å². The molecule has 0 aromatic heterocycles. The molecule has 1 aliphatic rings. The minimum atomic E-state index is 0.0316. The summed E-state index contributed by atoms with van der Waals surface area (Å²) in [7, 11) is 0. The third-order valence-electron chi connectivity index (χ3n) is 3.27. The fraction of sp³-hybridized carbons (Fsp3) is 0.533. The van der Waals surface area contributed by atoms with Crippen molar-refractivity contribution in [2.24, 2.45) is 0 Å². The lowest BCUT2D eigenvalue weighted by Crippen LogP contribution is -2.36. The van der Waals surface area contributed by atoms with Crippen LogP contribution < -0.4 is 15.5 Å². The zero-order valence-electron chi connectivity index (χ0n) is 12.0. The van der Waals surface area contributed by atoms with E-state index >= 15 is 0 Å². The first kappa shape index (κ1) is 14.7. The van der Waals surface area contributed by atoms with Crippen LogP contribution in [0.3, 0.4) is 0 Å². The molecular weight excluding hydrogens is 254 g/mol. The minimum Gasteiger partial charge on any atom is -0.378 e. The van der Waals surface area contributed by atoms with Gasteiger partial charge in [0.15, 0.2) is 0 Å². The molecule has 2 rings (SSSR count). The summed E-state index contributed by atoms with van der Waals surface area (Å²) in [5.74, 6) is 0.0316. The molecule has 1 amide bonds. The van der Waals surface area contributed by atoms with Gasteiger partial charge < -0.3 is 20.3 Å². The lowest BCUT2D eigenvalue weighted by atomic mass is 10.2. The van der Waals surface area contributed by atoms with Gasteiger partial charge in [0.25, 0.3) is 0 Å². The summed E-state index contributed by atoms with van der Waals surface area (Å²) in [5.41, 5.74) is 2.17. The number of anilines is 2. The number of carbonyl (C=O) groups is 1. The predicted molar refractivity (Wildman–Crippen MR) is 81.3 cm³/mol. The third kappa shape index (κ3) is 4.42. The molecule has 1 aliphatic heterocycles. The van der Waals surface area contributed by atoms with Crippen LogP contribution in [0.2, 0.25) is 0 Å². The van der Waals surface area contributed by atoms with Crippen molar-refractivity contribution < 1.29 is 9.53 Å². The first-order chi connectivity index (χ1) is 9.79. The van der Waals surface area contributed by atoms with Crippen molar-refractivity contribution in [1.82, 2.24) is 5.32 Å². The molecule has 0 unspecified atom stereocenters. The summed E-state index contributed by atoms with van der Waals surface area (Å²) >= 11 is 0. The van der Waals surface area contributed by atoms with Crippen molar-refractivity contribution in [2.45, 2.75) is 13.3 Å². The van der Waals surface area contributed by atoms with Crippen LogP contribution in [0.1, 0.15) is 13.3 Å². The lowest BCUT2D eigenvalue weighted by Gasteiger charge is -2.28. The van der Waals surface area contributed by atoms with Crippen molar-refractivity contribution in [3.63, 3.8) is 0 Å². The van der Waals surface area contributed by atoms with E-state index in [-0.39, 0.29) is 5.91 Å². The highest BCUT2D eigenvalue weighted by atomic mass is 16.5. The van der Waals surface area contributed by atoms with Crippen molar-refractivity contribution in [3.05, 3.63) is 24.3 Å². The maximum atomic E-state index is 11.5. The molecule has 0 atom stereocenters. The number of hydrogen-bond donors (Lipinski definition) is 2. The molecule has 5 nitrogen and oxygen atoms in total. The van der Waals surface area contributed by atoms with Gasteiger partial charge in [0, 0.05) is 31.0 Å². The maximum Gasteiger partial charge on any atom is 0.239 e. The third-order valence-corrected chi connectivity index (χ3v) is 3.27. The Labute approximate surface area is 120 Å². The summed E-state index contributed by atoms with van der Waals surface area (Å²) in [6.07, 6.45) is 0.958. The summed E-state index contributed by atoms with van der Waals surface area (Å²) in [4.78, 5) is 13.8. The van der Waals surface area contributed by atoms with Crippen LogP contribution in [-0.2, 0) is 9.53 Å². The summed E-state index contributed by atoms with van der Waals surface area (Å²) in [6, 6.07) is 8.19. The smallest absolute Gasteiger partial charge is 0.239 e. The van der Waals surface area contributed by atoms with Gasteiger partial charge in [-0.3, -0.25) is 4.79 Å². The molecule has 1 fully saturated rings. The van der Waals surface area contributed by atoms with Gasteiger partial charge >= 0.3 is 0 Å². The number of amides is 1. The predicted octanol–water partition coefficient (Wildman–Crippen LogP) is 1.46. The van der Waals surface area contributed by atoms with Crippen molar-refractivity contribution in [1.29, 1.82) is 0 Å². The Morgan fingerprint density at radius 2 is 1.95 bits per heavy atom. The van der Waals surface area contributed by atoms with Gasteiger partial charge in [0.2, 0.25) is 5.91 Å². The lowest BCUT2D eigenvalue weighted by molar-refractivity contribution is -0.119. The molecule has 0 bridgehead atoms. The van der Waals surface area contributed by atoms with Crippen LogP contribution in [-0.4, -0.2) is 45.3 Å². The molecule has 110 valence electrons. The van der Waals surface area contributed by atoms with Crippen LogP contribution >= 0.6 is 0 Å². The van der Waals surface area contributed by atoms with Crippen LogP contribution in [0, 0.1) is 0 Å². The van der Waals surface area contributed by atoms with E-state index < -0.39 is 0 Å². The number of nitrogens with one attached hydrogen (secondary N) is 2. The molecule has 20 heavy (non-hydrogen) atoms. The topological polar surface area (TPSA) is 53.6 Å². The van der Waals surface area contributed by atoms with Crippen molar-refractivity contribution >= 4 is 17.3 Å². The molecular formula is C15H23N3O2. The number of nitrogens with zero attached hydrogens (tertiary/aromatic N) is 1. The highest BCUT2D eigenvalue weighted by Crippen LogP contribution is 2.18. The number of hydrogen-bond acceptors (Lipinski definition) is 4. The second-order valence-corrected chi connectivity index (χ2v) is 4.85. The number of carbonyl (C=O) groups excluding carboxylic acids is 1. The van der Waals surface area contributed by atoms with E-state index in [0.717, 1.165) is 45.0 Å². The maximum absolute atomic E-state index is 11.5. The van der Waals surface area contributed by atoms with E-state index in [9.17, 15) is 4.79 Å². The second kappa shape index (κ2) is 7.75. The van der Waals surface area contributed by atoms with Gasteiger partial charge in [-0.2, -0.15) is 0 Å². The van der Waals surface area contributed by atoms with Crippen LogP contribution in [0.25, 0.3) is 0 Å². The Morgan fingerprint density at radius 1 is 1.25 bits per heavy atom. The summed E-state index contributed by atoms with van der Waals surface area (Å²) in [6.45, 7) is 6.54. The normalized spacial score (nSPS) is 14.9. The molecule has 1 heterocycles. The number of ether oxygens (including phenoxy) is 1. The van der Waals surface area contributed by atoms with Crippen molar-refractivity contribution in [3.8, 4) is 0 Å². The fourth-order valence-electron chi connectivity index (χ4n) is 2.12. The number of benzene rings is 1. The number of morpholine rings is 1. The van der Waals surface area contributed by atoms with Gasteiger partial charge in [-0.25, -0.2) is 0 Å². The van der Waals surface area contributed by atoms with Crippen LogP contribution in [0.15, 0.2) is 24.3 Å². The summed E-state index contributed by atoms with van der Waals surface area (Å²) in [5, 5.41) is 5.97. The molecule has 1 aromatic carbocycles. The van der Waals surface area contributed by atoms with Crippen LogP contribution in [0.5, 0.6) is 0 Å². The Morgan fingerprint density at radius 3 is 2.60 bits per heavy atom. The SMILES string of the molecule is CCCNC(=O)CNc1ccc(N2CCOCC2)cc1. The minimum absolute atomic E-state index is 0.0316. The molecule has 5 heteroatoms. The molecule has 0 saturated carbocycles. The van der Waals surface area contributed by atoms with E-state index in [1.54, 1.807) is 0 Å². The second-order valence-electron chi connectivity index (χ2n) is 4.85. The first-order valence-corrected chi connectivity index (χ1v) is 7.23. The Bertz CT molecular complexity index is 414. The molecule has 1 aromatic rings. The summed E-state index contributed by atoms with van der Waals surface area (Å²) < 4.78 is 5.34. The van der Waals surface area contributed by atoms with E-state index in [1.165, 1.54) is 5.69 Å². The van der Waals surface area contributed by atoms with E-state index in [0.29, 0.717) is 6.54 Å². The van der Waals surface area contributed by atoms with Crippen molar-refractivity contribution in [2.75, 3.05) is 49.6 Å². The highest BCUT2D eigenvalue weighted by molar-refractivity contribution is 5.80. The Kier molecular flexibility index (Phi) is 5.68. The Hall–Kier alpha value is -1.75. The highest BCUT2D eigenvalue weighted by Gasteiger charge is 2.10. The Balaban J connectivity index is 1.80. The van der Waals surface area contributed by atoms with E-state index in [4.69, 9.17) is 4.74 Å². The quantitative estimate of drug-likeness (QED) is 0.826. The zero-order valence-corrected chi connectivity index (χ0v) is 12.0. The standard InChI is InChI=1S/C15H23N3O2/c1-2-7-16-15(19)12-17-13-3-5-14(6-4-13)18-8-10-20-11-9-18/h3-6,17H,2,7-12H2,1H3,(H,16,19). The van der Waals surface area contributed by atoms with E-state index in [2.05, 4.69) is 27.7 Å². The molecule has 0 aliphatic carbocycles. The molecule has 0 radical (unpaired) electrons.